The fourth-order valence-corrected chi connectivity index (χ4v) is 3.58. The summed E-state index contributed by atoms with van der Waals surface area (Å²) in [5, 5.41) is 0. The molecule has 0 aliphatic carbocycles. The van der Waals surface area contributed by atoms with E-state index in [-0.39, 0.29) is 0 Å². The van der Waals surface area contributed by atoms with Gasteiger partial charge >= 0.3 is 0 Å². The molecule has 3 rings (SSSR count). The minimum atomic E-state index is 1.06. The van der Waals surface area contributed by atoms with Gasteiger partial charge in [-0.25, -0.2) is 0 Å². The summed E-state index contributed by atoms with van der Waals surface area (Å²) < 4.78 is 0. The van der Waals surface area contributed by atoms with Gasteiger partial charge in [-0.1, -0.05) is 81.3 Å². The van der Waals surface area contributed by atoms with Crippen LogP contribution in [0.15, 0.2) is 60.7 Å². The van der Waals surface area contributed by atoms with E-state index >= 15 is 0 Å². The molecule has 1 heterocycles. The van der Waals surface area contributed by atoms with Gasteiger partial charge in [-0.05, 0) is 54.5 Å². The highest BCUT2D eigenvalue weighted by molar-refractivity contribution is 5.76. The number of pyridine rings is 1. The van der Waals surface area contributed by atoms with Gasteiger partial charge in [-0.2, -0.15) is 0 Å². The van der Waals surface area contributed by atoms with Crippen LogP contribution in [0.25, 0.3) is 22.4 Å². The lowest BCUT2D eigenvalue weighted by molar-refractivity contribution is 0.760. The molecule has 3 aromatic rings. The summed E-state index contributed by atoms with van der Waals surface area (Å²) in [5.74, 6) is 0. The molecular formula is C25H29N. The third-order valence-corrected chi connectivity index (χ3v) is 4.98. The molecular weight excluding hydrogens is 314 g/mol. The van der Waals surface area contributed by atoms with Crippen molar-refractivity contribution in [2.45, 2.75) is 52.9 Å². The Morgan fingerprint density at radius 1 is 0.769 bits per heavy atom. The maximum absolute atomic E-state index is 5.11. The second kappa shape index (κ2) is 8.80. The minimum absolute atomic E-state index is 1.06. The van der Waals surface area contributed by atoms with Crippen molar-refractivity contribution in [1.29, 1.82) is 0 Å². The predicted octanol–water partition coefficient (Wildman–Crippen LogP) is 7.02. The van der Waals surface area contributed by atoms with Gasteiger partial charge in [0.05, 0.1) is 5.69 Å². The van der Waals surface area contributed by atoms with Crippen LogP contribution in [0.4, 0.5) is 0 Å². The van der Waals surface area contributed by atoms with E-state index in [9.17, 15) is 0 Å². The number of nitrogens with zero attached hydrogens (tertiary/aromatic N) is 1. The second-order valence-corrected chi connectivity index (χ2v) is 7.01. The molecule has 0 fully saturated rings. The van der Waals surface area contributed by atoms with E-state index in [1.165, 1.54) is 46.4 Å². The fraction of sp³-hybridized carbons (Fsp3) is 0.320. The van der Waals surface area contributed by atoms with Crippen LogP contribution in [0.3, 0.4) is 0 Å². The molecule has 1 nitrogen and oxygen atoms in total. The molecule has 134 valence electrons. The Bertz CT molecular complexity index is 849. The van der Waals surface area contributed by atoms with Crippen molar-refractivity contribution >= 4 is 0 Å². The zero-order chi connectivity index (χ0) is 18.4. The van der Waals surface area contributed by atoms with Crippen LogP contribution < -0.4 is 0 Å². The molecule has 2 aromatic carbocycles. The van der Waals surface area contributed by atoms with Crippen LogP contribution in [0.2, 0.25) is 0 Å². The Morgan fingerprint density at radius 2 is 1.50 bits per heavy atom. The summed E-state index contributed by atoms with van der Waals surface area (Å²) in [6.45, 7) is 6.72. The van der Waals surface area contributed by atoms with Crippen LogP contribution in [-0.2, 0) is 12.8 Å². The number of rotatable bonds is 7. The van der Waals surface area contributed by atoms with Gasteiger partial charge in [0.25, 0.3) is 0 Å². The Hall–Kier alpha value is -2.41. The lowest BCUT2D eigenvalue weighted by atomic mass is 9.90. The maximum atomic E-state index is 5.11. The summed E-state index contributed by atoms with van der Waals surface area (Å²) in [7, 11) is 0. The molecule has 0 atom stereocenters. The van der Waals surface area contributed by atoms with Crippen LogP contribution in [0, 0.1) is 6.92 Å². The predicted molar refractivity (Wildman–Crippen MR) is 112 cm³/mol. The summed E-state index contributed by atoms with van der Waals surface area (Å²) in [4.78, 5) is 5.11. The normalized spacial score (nSPS) is 10.9. The van der Waals surface area contributed by atoms with E-state index in [2.05, 4.69) is 81.4 Å². The lowest BCUT2D eigenvalue weighted by Crippen LogP contribution is -2.04. The lowest BCUT2D eigenvalue weighted by Gasteiger charge is -2.18. The summed E-state index contributed by atoms with van der Waals surface area (Å²) in [6, 6.07) is 21.6. The van der Waals surface area contributed by atoms with Gasteiger partial charge in [0.15, 0.2) is 0 Å². The first kappa shape index (κ1) is 18.4. The number of unbranched alkanes of at least 4 members (excludes halogenated alkanes) is 1. The highest BCUT2D eigenvalue weighted by Gasteiger charge is 2.15. The van der Waals surface area contributed by atoms with E-state index in [0.717, 1.165) is 25.0 Å². The molecule has 1 heteroatoms. The van der Waals surface area contributed by atoms with Crippen molar-refractivity contribution in [2.24, 2.45) is 0 Å². The third kappa shape index (κ3) is 4.04. The van der Waals surface area contributed by atoms with E-state index in [1.54, 1.807) is 0 Å². The maximum Gasteiger partial charge on any atom is 0.0711 e. The molecule has 0 saturated carbocycles. The van der Waals surface area contributed by atoms with E-state index < -0.39 is 0 Å². The van der Waals surface area contributed by atoms with Crippen LogP contribution in [0.5, 0.6) is 0 Å². The molecule has 0 aliphatic heterocycles. The summed E-state index contributed by atoms with van der Waals surface area (Å²) >= 11 is 0. The highest BCUT2D eigenvalue weighted by atomic mass is 14.7. The van der Waals surface area contributed by atoms with E-state index in [4.69, 9.17) is 4.98 Å². The van der Waals surface area contributed by atoms with Crippen molar-refractivity contribution in [3.8, 4) is 22.4 Å². The molecule has 0 amide bonds. The van der Waals surface area contributed by atoms with Crippen molar-refractivity contribution < 1.29 is 0 Å². The molecule has 0 spiro atoms. The summed E-state index contributed by atoms with van der Waals surface area (Å²) in [6.07, 6.45) is 5.68. The quantitative estimate of drug-likeness (QED) is 0.449. The number of aromatic nitrogens is 1. The van der Waals surface area contributed by atoms with Gasteiger partial charge in [-0.15, -0.1) is 0 Å². The smallest absolute Gasteiger partial charge is 0.0711 e. The van der Waals surface area contributed by atoms with Crippen LogP contribution in [-0.4, -0.2) is 4.98 Å². The summed E-state index contributed by atoms with van der Waals surface area (Å²) in [5.41, 5.74) is 9.05. The molecule has 1 aromatic heterocycles. The molecule has 0 radical (unpaired) electrons. The third-order valence-electron chi connectivity index (χ3n) is 4.98. The molecule has 0 unspecified atom stereocenters. The fourth-order valence-electron chi connectivity index (χ4n) is 3.58. The van der Waals surface area contributed by atoms with Crippen molar-refractivity contribution in [3.63, 3.8) is 0 Å². The average molecular weight is 344 g/mol. The first-order valence-electron chi connectivity index (χ1n) is 9.88. The van der Waals surface area contributed by atoms with Crippen molar-refractivity contribution in [3.05, 3.63) is 77.5 Å². The number of benzene rings is 2. The van der Waals surface area contributed by atoms with Crippen LogP contribution in [0.1, 0.15) is 49.9 Å². The monoisotopic (exact) mass is 343 g/mol. The van der Waals surface area contributed by atoms with E-state index in [1.807, 2.05) is 0 Å². The number of hydrogen-bond donors (Lipinski definition) is 0. The number of aryl methyl sites for hydroxylation is 2. The topological polar surface area (TPSA) is 12.9 Å². The minimum Gasteiger partial charge on any atom is -0.253 e. The second-order valence-electron chi connectivity index (χ2n) is 7.01. The van der Waals surface area contributed by atoms with Crippen molar-refractivity contribution in [1.82, 2.24) is 4.98 Å². The molecule has 0 aliphatic rings. The molecule has 26 heavy (non-hydrogen) atoms. The Morgan fingerprint density at radius 3 is 2.19 bits per heavy atom. The molecule has 0 N–H and O–H groups in total. The van der Waals surface area contributed by atoms with Gasteiger partial charge in [0, 0.05) is 11.3 Å². The Kier molecular flexibility index (Phi) is 6.22. The zero-order valence-electron chi connectivity index (χ0n) is 16.3. The Labute approximate surface area is 158 Å². The molecule has 0 bridgehead atoms. The van der Waals surface area contributed by atoms with Crippen LogP contribution >= 0.6 is 0 Å². The Balaban J connectivity index is 2.23. The standard InChI is InChI=1S/C25H29N/c1-4-6-17-24-22(12-5-2)23(21-16-11-10-13-19(21)3)18-25(26-24)20-14-8-7-9-15-20/h7-11,13-16,18H,4-6,12,17H2,1-3H3. The highest BCUT2D eigenvalue weighted by Crippen LogP contribution is 2.33. The van der Waals surface area contributed by atoms with Gasteiger partial charge < -0.3 is 0 Å². The van der Waals surface area contributed by atoms with E-state index in [0.29, 0.717) is 0 Å². The molecule has 0 saturated heterocycles. The average Bonchev–Trinajstić information content (AvgIpc) is 2.68. The SMILES string of the molecule is CCCCc1nc(-c2ccccc2)cc(-c2ccccc2C)c1CCC. The number of hydrogen-bond acceptors (Lipinski definition) is 1. The zero-order valence-corrected chi connectivity index (χ0v) is 16.3. The largest absolute Gasteiger partial charge is 0.253 e. The van der Waals surface area contributed by atoms with Crippen molar-refractivity contribution in [2.75, 3.05) is 0 Å². The van der Waals surface area contributed by atoms with Gasteiger partial charge in [0.2, 0.25) is 0 Å². The van der Waals surface area contributed by atoms with Gasteiger partial charge in [0.1, 0.15) is 0 Å². The van der Waals surface area contributed by atoms with Gasteiger partial charge in [-0.3, -0.25) is 4.98 Å². The first-order chi connectivity index (χ1) is 12.7. The first-order valence-corrected chi connectivity index (χ1v) is 9.88.